The zero-order valence-corrected chi connectivity index (χ0v) is 13.6. The van der Waals surface area contributed by atoms with Crippen LogP contribution in [-0.4, -0.2) is 11.0 Å². The first-order valence-electron chi connectivity index (χ1n) is 7.45. The first-order chi connectivity index (χ1) is 9.66. The number of fused-ring (bicyclic) bond motifs is 1. The van der Waals surface area contributed by atoms with Crippen LogP contribution in [0.3, 0.4) is 0 Å². The molecule has 1 heterocycles. The molecule has 20 heavy (non-hydrogen) atoms. The molecule has 0 amide bonds. The van der Waals surface area contributed by atoms with Gasteiger partial charge >= 0.3 is 0 Å². The SMILES string of the molecule is CC(C)C1CCCCC1Nc1c(Cl)ccc2scnc12. The quantitative estimate of drug-likeness (QED) is 0.801. The molecule has 108 valence electrons. The molecule has 0 aliphatic heterocycles. The molecule has 0 saturated heterocycles. The molecule has 1 saturated carbocycles. The van der Waals surface area contributed by atoms with Gasteiger partial charge in [-0.3, -0.25) is 0 Å². The molecule has 0 radical (unpaired) electrons. The van der Waals surface area contributed by atoms with Gasteiger partial charge in [0, 0.05) is 6.04 Å². The van der Waals surface area contributed by atoms with Gasteiger partial charge < -0.3 is 5.32 Å². The van der Waals surface area contributed by atoms with Gasteiger partial charge in [0.1, 0.15) is 5.52 Å². The van der Waals surface area contributed by atoms with Crippen LogP contribution < -0.4 is 5.32 Å². The van der Waals surface area contributed by atoms with Crippen LogP contribution in [0.5, 0.6) is 0 Å². The third kappa shape index (κ3) is 2.66. The van der Waals surface area contributed by atoms with Crippen molar-refractivity contribution >= 4 is 38.8 Å². The first kappa shape index (κ1) is 14.2. The van der Waals surface area contributed by atoms with E-state index in [1.807, 2.05) is 11.6 Å². The summed E-state index contributed by atoms with van der Waals surface area (Å²) in [7, 11) is 0. The molecule has 1 aliphatic rings. The van der Waals surface area contributed by atoms with E-state index in [1.165, 1.54) is 30.4 Å². The lowest BCUT2D eigenvalue weighted by Crippen LogP contribution is -2.35. The first-order valence-corrected chi connectivity index (χ1v) is 8.71. The molecule has 1 aromatic carbocycles. The second kappa shape index (κ2) is 5.90. The fraction of sp³-hybridized carbons (Fsp3) is 0.562. The summed E-state index contributed by atoms with van der Waals surface area (Å²) in [4.78, 5) is 4.49. The van der Waals surface area contributed by atoms with Gasteiger partial charge in [-0.05, 0) is 36.8 Å². The molecule has 2 atom stereocenters. The van der Waals surface area contributed by atoms with Crippen molar-refractivity contribution < 1.29 is 0 Å². The van der Waals surface area contributed by atoms with Gasteiger partial charge in [0.2, 0.25) is 0 Å². The Morgan fingerprint density at radius 2 is 2.10 bits per heavy atom. The summed E-state index contributed by atoms with van der Waals surface area (Å²) in [6.07, 6.45) is 5.22. The maximum atomic E-state index is 6.41. The molecule has 2 nitrogen and oxygen atoms in total. The number of aromatic nitrogens is 1. The summed E-state index contributed by atoms with van der Waals surface area (Å²) >= 11 is 8.08. The molecular formula is C16H21ClN2S. The molecule has 0 bridgehead atoms. The fourth-order valence-electron chi connectivity index (χ4n) is 3.37. The zero-order chi connectivity index (χ0) is 14.1. The second-order valence-corrected chi connectivity index (χ2v) is 7.36. The predicted octanol–water partition coefficient (Wildman–Crippen LogP) is 5.58. The summed E-state index contributed by atoms with van der Waals surface area (Å²) in [6.45, 7) is 4.66. The number of hydrogen-bond acceptors (Lipinski definition) is 3. The maximum absolute atomic E-state index is 6.41. The number of benzene rings is 1. The number of thiazole rings is 1. The minimum atomic E-state index is 0.522. The molecule has 2 unspecified atom stereocenters. The molecule has 3 rings (SSSR count). The van der Waals surface area contributed by atoms with Crippen molar-refractivity contribution in [1.29, 1.82) is 0 Å². The smallest absolute Gasteiger partial charge is 0.106 e. The van der Waals surface area contributed by atoms with E-state index in [4.69, 9.17) is 11.6 Å². The Hall–Kier alpha value is -0.800. The Kier molecular flexibility index (Phi) is 4.18. The van der Waals surface area contributed by atoms with Crippen LogP contribution in [0.4, 0.5) is 5.69 Å². The molecule has 1 aromatic heterocycles. The molecule has 0 spiro atoms. The van der Waals surface area contributed by atoms with Crippen LogP contribution in [0.1, 0.15) is 39.5 Å². The number of nitrogens with zero attached hydrogens (tertiary/aromatic N) is 1. The molecule has 2 aromatic rings. The monoisotopic (exact) mass is 308 g/mol. The minimum absolute atomic E-state index is 0.522. The van der Waals surface area contributed by atoms with E-state index in [2.05, 4.69) is 30.2 Å². The second-order valence-electron chi connectivity index (χ2n) is 6.06. The van der Waals surface area contributed by atoms with E-state index in [1.54, 1.807) is 11.3 Å². The van der Waals surface area contributed by atoms with Crippen molar-refractivity contribution in [3.63, 3.8) is 0 Å². The van der Waals surface area contributed by atoms with Crippen molar-refractivity contribution in [2.75, 3.05) is 5.32 Å². The van der Waals surface area contributed by atoms with Gasteiger partial charge in [-0.25, -0.2) is 4.98 Å². The number of hydrogen-bond donors (Lipinski definition) is 1. The number of nitrogens with one attached hydrogen (secondary N) is 1. The molecule has 1 N–H and O–H groups in total. The van der Waals surface area contributed by atoms with Gasteiger partial charge in [0.15, 0.2) is 0 Å². The van der Waals surface area contributed by atoms with E-state index in [-0.39, 0.29) is 0 Å². The number of rotatable bonds is 3. The highest BCUT2D eigenvalue weighted by Crippen LogP contribution is 2.37. The highest BCUT2D eigenvalue weighted by molar-refractivity contribution is 7.16. The van der Waals surface area contributed by atoms with E-state index < -0.39 is 0 Å². The summed E-state index contributed by atoms with van der Waals surface area (Å²) in [5, 5.41) is 4.51. The van der Waals surface area contributed by atoms with Gasteiger partial charge in [-0.15, -0.1) is 11.3 Å². The topological polar surface area (TPSA) is 24.9 Å². The maximum Gasteiger partial charge on any atom is 0.106 e. The standard InChI is InChI=1S/C16H21ClN2S/c1-10(2)11-5-3-4-6-13(11)19-15-12(17)7-8-14-16(15)18-9-20-14/h7-11,13,19H,3-6H2,1-2H3. The predicted molar refractivity (Wildman–Crippen MR) is 88.8 cm³/mol. The molecule has 4 heteroatoms. The third-order valence-electron chi connectivity index (χ3n) is 4.46. The van der Waals surface area contributed by atoms with Gasteiger partial charge in [-0.2, -0.15) is 0 Å². The average Bonchev–Trinajstić information content (AvgIpc) is 2.91. The lowest BCUT2D eigenvalue weighted by molar-refractivity contribution is 0.254. The highest BCUT2D eigenvalue weighted by atomic mass is 35.5. The Balaban J connectivity index is 1.91. The van der Waals surface area contributed by atoms with Gasteiger partial charge in [-0.1, -0.05) is 38.3 Å². The number of halogens is 1. The lowest BCUT2D eigenvalue weighted by atomic mass is 9.78. The van der Waals surface area contributed by atoms with Gasteiger partial charge in [0.05, 0.1) is 20.9 Å². The van der Waals surface area contributed by atoms with Crippen molar-refractivity contribution in [3.8, 4) is 0 Å². The van der Waals surface area contributed by atoms with Gasteiger partial charge in [0.25, 0.3) is 0 Å². The van der Waals surface area contributed by atoms with Crippen LogP contribution in [0.15, 0.2) is 17.6 Å². The van der Waals surface area contributed by atoms with Crippen LogP contribution in [0.25, 0.3) is 10.2 Å². The Labute approximate surface area is 129 Å². The largest absolute Gasteiger partial charge is 0.379 e. The van der Waals surface area contributed by atoms with Crippen molar-refractivity contribution in [1.82, 2.24) is 4.98 Å². The summed E-state index contributed by atoms with van der Waals surface area (Å²) in [6, 6.07) is 4.56. The van der Waals surface area contributed by atoms with Crippen LogP contribution >= 0.6 is 22.9 Å². The zero-order valence-electron chi connectivity index (χ0n) is 12.0. The molecule has 1 aliphatic carbocycles. The van der Waals surface area contributed by atoms with Crippen LogP contribution in [-0.2, 0) is 0 Å². The van der Waals surface area contributed by atoms with E-state index in [0.29, 0.717) is 12.0 Å². The van der Waals surface area contributed by atoms with Crippen molar-refractivity contribution in [2.45, 2.75) is 45.6 Å². The van der Waals surface area contributed by atoms with E-state index in [9.17, 15) is 0 Å². The molecule has 1 fully saturated rings. The van der Waals surface area contributed by atoms with Crippen molar-refractivity contribution in [2.24, 2.45) is 11.8 Å². The summed E-state index contributed by atoms with van der Waals surface area (Å²) < 4.78 is 1.20. The van der Waals surface area contributed by atoms with E-state index in [0.717, 1.165) is 22.1 Å². The van der Waals surface area contributed by atoms with Crippen LogP contribution in [0, 0.1) is 11.8 Å². The van der Waals surface area contributed by atoms with Crippen molar-refractivity contribution in [3.05, 3.63) is 22.7 Å². The summed E-state index contributed by atoms with van der Waals surface area (Å²) in [5.41, 5.74) is 3.95. The average molecular weight is 309 g/mol. The number of anilines is 1. The minimum Gasteiger partial charge on any atom is -0.379 e. The molecular weight excluding hydrogens is 288 g/mol. The lowest BCUT2D eigenvalue weighted by Gasteiger charge is -2.35. The summed E-state index contributed by atoms with van der Waals surface area (Å²) in [5.74, 6) is 1.44. The Morgan fingerprint density at radius 3 is 2.90 bits per heavy atom. The normalized spacial score (nSPS) is 23.4. The Morgan fingerprint density at radius 1 is 1.30 bits per heavy atom. The van der Waals surface area contributed by atoms with Crippen LogP contribution in [0.2, 0.25) is 5.02 Å². The fourth-order valence-corrected chi connectivity index (χ4v) is 4.26. The third-order valence-corrected chi connectivity index (χ3v) is 5.57. The van der Waals surface area contributed by atoms with E-state index >= 15 is 0 Å². The highest BCUT2D eigenvalue weighted by Gasteiger charge is 2.28. The Bertz CT molecular complexity index is 593.